The highest BCUT2D eigenvalue weighted by Gasteiger charge is 2.70. The Bertz CT molecular complexity index is 1590. The molecule has 5 nitrogen and oxygen atoms in total. The van der Waals surface area contributed by atoms with Gasteiger partial charge in [0.2, 0.25) is 5.91 Å². The van der Waals surface area contributed by atoms with E-state index in [4.69, 9.17) is 0 Å². The molecule has 4 heterocycles. The highest BCUT2D eigenvalue weighted by atomic mass is 32.1. The zero-order valence-electron chi connectivity index (χ0n) is 19.7. The van der Waals surface area contributed by atoms with E-state index in [0.29, 0.717) is 16.1 Å². The minimum Gasteiger partial charge on any atom is -0.358 e. The number of fused-ring (bicyclic) bond motifs is 6. The van der Waals surface area contributed by atoms with E-state index in [2.05, 4.69) is 5.32 Å². The summed E-state index contributed by atoms with van der Waals surface area (Å²) in [5.74, 6) is -1.53. The van der Waals surface area contributed by atoms with Gasteiger partial charge in [-0.2, -0.15) is 0 Å². The predicted molar refractivity (Wildman–Crippen MR) is 144 cm³/mol. The van der Waals surface area contributed by atoms with Crippen LogP contribution >= 0.6 is 11.3 Å². The van der Waals surface area contributed by atoms with Crippen molar-refractivity contribution >= 4 is 40.6 Å². The van der Waals surface area contributed by atoms with Crippen molar-refractivity contribution in [1.82, 2.24) is 4.90 Å². The monoisotopic (exact) mass is 502 g/mol. The topological polar surface area (TPSA) is 66.5 Å². The second-order valence-corrected chi connectivity index (χ2v) is 10.6. The number of hydrogen-bond acceptors (Lipinski definition) is 5. The highest BCUT2D eigenvalue weighted by molar-refractivity contribution is 7.12. The van der Waals surface area contributed by atoms with Crippen molar-refractivity contribution in [3.05, 3.63) is 130 Å². The number of nitrogens with zero attached hydrogens (tertiary/aromatic N) is 1. The van der Waals surface area contributed by atoms with Gasteiger partial charge in [0.25, 0.3) is 0 Å². The third-order valence-electron chi connectivity index (χ3n) is 7.94. The Labute approximate surface area is 218 Å². The standard InChI is InChI=1S/C31H22N2O3S/c34-27(20-10-2-1-3-11-20)25-26(28(35)24-15-8-18-37-24)33-17-16-19-9-4-5-12-21(19)29(33)31(25)22-13-6-7-14-23(22)32-30(31)36/h1-18,25-26,29H,(H,32,36)/t25-,26+,29-,31-/m1/s1. The van der Waals surface area contributed by atoms with Crippen LogP contribution in [0.2, 0.25) is 0 Å². The minimum absolute atomic E-state index is 0.146. The number of benzene rings is 3. The van der Waals surface area contributed by atoms with Crippen molar-refractivity contribution < 1.29 is 14.4 Å². The molecule has 37 heavy (non-hydrogen) atoms. The van der Waals surface area contributed by atoms with Crippen LogP contribution in [0.4, 0.5) is 5.69 Å². The number of rotatable bonds is 4. The molecule has 4 atom stereocenters. The lowest BCUT2D eigenvalue weighted by Crippen LogP contribution is -2.49. The van der Waals surface area contributed by atoms with Gasteiger partial charge in [-0.05, 0) is 40.3 Å². The Morgan fingerprint density at radius 2 is 1.59 bits per heavy atom. The van der Waals surface area contributed by atoms with Gasteiger partial charge in [-0.1, -0.05) is 78.9 Å². The molecule has 6 heteroatoms. The van der Waals surface area contributed by atoms with Gasteiger partial charge in [0.1, 0.15) is 11.5 Å². The second kappa shape index (κ2) is 8.11. The zero-order valence-corrected chi connectivity index (χ0v) is 20.5. The number of Topliss-reactive ketones (excluding diaryl/α,β-unsaturated/α-hetero) is 2. The number of nitrogens with one attached hydrogen (secondary N) is 1. The smallest absolute Gasteiger partial charge is 0.238 e. The SMILES string of the molecule is O=C(c1cccs1)[C@@H]1[C@H](C(=O)c2ccccc2)[C@@]2(C(=O)Nc3ccccc32)[C@H]2c3ccccc3C=CN12. The summed E-state index contributed by atoms with van der Waals surface area (Å²) in [4.78, 5) is 45.6. The maximum absolute atomic E-state index is 14.5. The Hall–Kier alpha value is -4.29. The quantitative estimate of drug-likeness (QED) is 0.362. The number of ketones is 2. The number of carbonyl (C=O) groups excluding carboxylic acids is 3. The fraction of sp³-hybridized carbons (Fsp3) is 0.129. The summed E-state index contributed by atoms with van der Waals surface area (Å²) in [6.07, 6.45) is 3.87. The van der Waals surface area contributed by atoms with E-state index in [0.717, 1.165) is 16.7 Å². The van der Waals surface area contributed by atoms with Crippen molar-refractivity contribution in [2.24, 2.45) is 5.92 Å². The van der Waals surface area contributed by atoms with E-state index < -0.39 is 23.4 Å². The highest BCUT2D eigenvalue weighted by Crippen LogP contribution is 2.62. The van der Waals surface area contributed by atoms with Crippen molar-refractivity contribution in [2.45, 2.75) is 17.5 Å². The molecule has 4 aromatic rings. The van der Waals surface area contributed by atoms with Crippen LogP contribution in [0.15, 0.2) is 103 Å². The minimum atomic E-state index is -1.29. The average Bonchev–Trinajstić information content (AvgIpc) is 3.65. The van der Waals surface area contributed by atoms with Gasteiger partial charge in [-0.15, -0.1) is 11.3 Å². The van der Waals surface area contributed by atoms with Crippen LogP contribution in [0, 0.1) is 5.92 Å². The van der Waals surface area contributed by atoms with E-state index >= 15 is 0 Å². The molecule has 0 radical (unpaired) electrons. The molecule has 1 aromatic heterocycles. The zero-order chi connectivity index (χ0) is 25.1. The van der Waals surface area contributed by atoms with Gasteiger partial charge in [-0.3, -0.25) is 14.4 Å². The maximum atomic E-state index is 14.5. The summed E-state index contributed by atoms with van der Waals surface area (Å²) in [5.41, 5.74) is 2.57. The number of carbonyl (C=O) groups is 3. The molecule has 7 rings (SSSR count). The summed E-state index contributed by atoms with van der Waals surface area (Å²) in [7, 11) is 0. The molecule has 1 fully saturated rings. The molecule has 3 aliphatic rings. The van der Waals surface area contributed by atoms with E-state index in [-0.39, 0.29) is 17.5 Å². The Morgan fingerprint density at radius 3 is 2.41 bits per heavy atom. The third-order valence-corrected chi connectivity index (χ3v) is 8.83. The lowest BCUT2D eigenvalue weighted by atomic mass is 9.63. The predicted octanol–water partition coefficient (Wildman–Crippen LogP) is 5.73. The summed E-state index contributed by atoms with van der Waals surface area (Å²) in [5, 5.41) is 4.94. The molecule has 3 aromatic carbocycles. The summed E-state index contributed by atoms with van der Waals surface area (Å²) in [6, 6.07) is 26.8. The first kappa shape index (κ1) is 21.9. The Balaban J connectivity index is 1.56. The van der Waals surface area contributed by atoms with Crippen LogP contribution in [0.1, 0.15) is 42.8 Å². The average molecular weight is 503 g/mol. The van der Waals surface area contributed by atoms with E-state index in [1.807, 2.05) is 95.4 Å². The fourth-order valence-electron chi connectivity index (χ4n) is 6.51. The lowest BCUT2D eigenvalue weighted by molar-refractivity contribution is -0.122. The molecule has 0 bridgehead atoms. The summed E-state index contributed by atoms with van der Waals surface area (Å²) < 4.78 is 0. The lowest BCUT2D eigenvalue weighted by Gasteiger charge is -2.38. The van der Waals surface area contributed by atoms with Crippen LogP contribution in [0.25, 0.3) is 6.08 Å². The van der Waals surface area contributed by atoms with Crippen LogP contribution in [-0.4, -0.2) is 28.4 Å². The molecule has 1 N–H and O–H groups in total. The maximum Gasteiger partial charge on any atom is 0.238 e. The number of anilines is 1. The van der Waals surface area contributed by atoms with Gasteiger partial charge >= 0.3 is 0 Å². The van der Waals surface area contributed by atoms with E-state index in [1.54, 1.807) is 18.2 Å². The normalized spacial score (nSPS) is 24.9. The summed E-state index contributed by atoms with van der Waals surface area (Å²) >= 11 is 1.36. The Kier molecular flexibility index (Phi) is 4.81. The van der Waals surface area contributed by atoms with Crippen LogP contribution in [0.3, 0.4) is 0 Å². The molecular formula is C31H22N2O3S. The van der Waals surface area contributed by atoms with Crippen LogP contribution in [0.5, 0.6) is 0 Å². The third kappa shape index (κ3) is 2.93. The molecule has 180 valence electrons. The molecular weight excluding hydrogens is 480 g/mol. The first-order valence-electron chi connectivity index (χ1n) is 12.2. The first-order chi connectivity index (χ1) is 18.1. The van der Waals surface area contributed by atoms with Crippen molar-refractivity contribution in [2.75, 3.05) is 5.32 Å². The molecule has 0 aliphatic carbocycles. The fourth-order valence-corrected chi connectivity index (χ4v) is 7.21. The second-order valence-electron chi connectivity index (χ2n) is 9.66. The van der Waals surface area contributed by atoms with Gasteiger partial charge in [-0.25, -0.2) is 0 Å². The van der Waals surface area contributed by atoms with Gasteiger partial charge in [0.15, 0.2) is 11.6 Å². The molecule has 3 aliphatic heterocycles. The molecule has 1 amide bonds. The van der Waals surface area contributed by atoms with Gasteiger partial charge < -0.3 is 10.2 Å². The summed E-state index contributed by atoms with van der Waals surface area (Å²) in [6.45, 7) is 0. The Morgan fingerprint density at radius 1 is 0.838 bits per heavy atom. The van der Waals surface area contributed by atoms with Crippen molar-refractivity contribution in [3.63, 3.8) is 0 Å². The largest absolute Gasteiger partial charge is 0.358 e. The number of thiophene rings is 1. The van der Waals surface area contributed by atoms with Gasteiger partial charge in [0.05, 0.1) is 16.8 Å². The van der Waals surface area contributed by atoms with E-state index in [9.17, 15) is 14.4 Å². The molecule has 1 saturated heterocycles. The van der Waals surface area contributed by atoms with Gasteiger partial charge in [0, 0.05) is 17.5 Å². The van der Waals surface area contributed by atoms with Crippen molar-refractivity contribution in [3.8, 4) is 0 Å². The number of amides is 1. The first-order valence-corrected chi connectivity index (χ1v) is 13.1. The number of para-hydroxylation sites is 1. The van der Waals surface area contributed by atoms with E-state index in [1.165, 1.54) is 11.3 Å². The van der Waals surface area contributed by atoms with Crippen LogP contribution in [-0.2, 0) is 10.2 Å². The van der Waals surface area contributed by atoms with Crippen molar-refractivity contribution in [1.29, 1.82) is 0 Å². The molecule has 0 unspecified atom stereocenters. The van der Waals surface area contributed by atoms with Crippen LogP contribution < -0.4 is 5.32 Å². The number of hydrogen-bond donors (Lipinski definition) is 1. The molecule has 1 spiro atoms. The molecule has 0 saturated carbocycles.